The van der Waals surface area contributed by atoms with Gasteiger partial charge in [0.25, 0.3) is 5.91 Å². The summed E-state index contributed by atoms with van der Waals surface area (Å²) in [5.74, 6) is -0.0498. The lowest BCUT2D eigenvalue weighted by atomic mass is 10.1. The molecule has 0 bridgehead atoms. The Balaban J connectivity index is 1.53. The van der Waals surface area contributed by atoms with E-state index < -0.39 is 6.04 Å². The summed E-state index contributed by atoms with van der Waals surface area (Å²) in [6.07, 6.45) is 0.102. The second-order valence-corrected chi connectivity index (χ2v) is 7.41. The first-order valence-corrected chi connectivity index (χ1v) is 9.62. The van der Waals surface area contributed by atoms with Crippen molar-refractivity contribution in [3.8, 4) is 5.75 Å². The lowest BCUT2D eigenvalue weighted by Gasteiger charge is -2.14. The molecule has 8 heteroatoms. The predicted octanol–water partition coefficient (Wildman–Crippen LogP) is 2.80. The van der Waals surface area contributed by atoms with E-state index in [0.29, 0.717) is 10.9 Å². The molecule has 0 aliphatic rings. The molecular weight excluding hydrogens is 376 g/mol. The summed E-state index contributed by atoms with van der Waals surface area (Å²) in [7, 11) is 1.56. The first-order chi connectivity index (χ1) is 13.5. The van der Waals surface area contributed by atoms with E-state index in [0.717, 1.165) is 21.3 Å². The van der Waals surface area contributed by atoms with Crippen LogP contribution in [0, 0.1) is 6.92 Å². The Kier molecular flexibility index (Phi) is 6.10. The van der Waals surface area contributed by atoms with Crippen molar-refractivity contribution in [3.05, 3.63) is 53.6 Å². The normalized spacial score (nSPS) is 11.7. The topological polar surface area (TPSA) is 92.4 Å². The number of fused-ring (bicyclic) bond motifs is 1. The Bertz CT molecular complexity index is 969. The molecule has 0 spiro atoms. The first-order valence-electron chi connectivity index (χ1n) is 8.80. The SMILES string of the molecule is COc1ccc(C)cc1CC(=O)NNC(=O)[C@H](C)Nc1nc2ccccc2s1. The average Bonchev–Trinajstić information content (AvgIpc) is 3.08. The molecule has 0 saturated heterocycles. The monoisotopic (exact) mass is 398 g/mol. The quantitative estimate of drug-likeness (QED) is 0.555. The summed E-state index contributed by atoms with van der Waals surface area (Å²) >= 11 is 1.47. The molecule has 0 saturated carbocycles. The standard InChI is InChI=1S/C20H22N4O3S/c1-12-8-9-16(27-3)14(10-12)11-18(25)23-24-19(26)13(2)21-20-22-15-6-4-5-7-17(15)28-20/h4-10,13H,11H2,1-3H3,(H,21,22)(H,23,25)(H,24,26)/t13-/m0/s1. The molecule has 146 valence electrons. The van der Waals surface area contributed by atoms with Gasteiger partial charge in [-0.15, -0.1) is 0 Å². The minimum absolute atomic E-state index is 0.102. The summed E-state index contributed by atoms with van der Waals surface area (Å²) in [5, 5.41) is 3.71. The molecule has 3 rings (SSSR count). The second-order valence-electron chi connectivity index (χ2n) is 6.38. The number of hydrazine groups is 1. The van der Waals surface area contributed by atoms with E-state index in [9.17, 15) is 9.59 Å². The number of aromatic nitrogens is 1. The van der Waals surface area contributed by atoms with E-state index in [1.165, 1.54) is 11.3 Å². The smallest absolute Gasteiger partial charge is 0.260 e. The maximum atomic E-state index is 12.3. The Hall–Kier alpha value is -3.13. The van der Waals surface area contributed by atoms with Crippen LogP contribution in [0.25, 0.3) is 10.2 Å². The van der Waals surface area contributed by atoms with Gasteiger partial charge in [0.1, 0.15) is 11.8 Å². The van der Waals surface area contributed by atoms with E-state index in [-0.39, 0.29) is 18.2 Å². The third-order valence-electron chi connectivity index (χ3n) is 4.14. The van der Waals surface area contributed by atoms with Crippen molar-refractivity contribution in [3.63, 3.8) is 0 Å². The number of ether oxygens (including phenoxy) is 1. The molecule has 1 aromatic heterocycles. The van der Waals surface area contributed by atoms with Crippen molar-refractivity contribution in [1.82, 2.24) is 15.8 Å². The first kappa shape index (κ1) is 19.6. The van der Waals surface area contributed by atoms with E-state index in [2.05, 4.69) is 21.2 Å². The number of hydrogen-bond donors (Lipinski definition) is 3. The maximum absolute atomic E-state index is 12.3. The molecule has 7 nitrogen and oxygen atoms in total. The molecule has 0 fully saturated rings. The maximum Gasteiger partial charge on any atom is 0.260 e. The van der Waals surface area contributed by atoms with Gasteiger partial charge in [-0.05, 0) is 32.0 Å². The Morgan fingerprint density at radius 2 is 1.96 bits per heavy atom. The lowest BCUT2D eigenvalue weighted by molar-refractivity contribution is -0.128. The number of nitrogens with one attached hydrogen (secondary N) is 3. The highest BCUT2D eigenvalue weighted by Gasteiger charge is 2.16. The van der Waals surface area contributed by atoms with Crippen LogP contribution in [0.1, 0.15) is 18.1 Å². The molecule has 1 atom stereocenters. The number of amides is 2. The zero-order valence-electron chi connectivity index (χ0n) is 15.9. The van der Waals surface area contributed by atoms with Crippen molar-refractivity contribution in [2.24, 2.45) is 0 Å². The number of carbonyl (C=O) groups is 2. The lowest BCUT2D eigenvalue weighted by Crippen LogP contribution is -2.48. The van der Waals surface area contributed by atoms with Crippen molar-refractivity contribution in [2.45, 2.75) is 26.3 Å². The van der Waals surface area contributed by atoms with Gasteiger partial charge in [-0.1, -0.05) is 41.2 Å². The van der Waals surface area contributed by atoms with Crippen LogP contribution < -0.4 is 20.9 Å². The van der Waals surface area contributed by atoms with E-state index in [1.807, 2.05) is 49.4 Å². The molecule has 1 heterocycles. The molecule has 3 aromatic rings. The van der Waals surface area contributed by atoms with Gasteiger partial charge in [-0.3, -0.25) is 20.4 Å². The number of benzene rings is 2. The largest absolute Gasteiger partial charge is 0.496 e. The summed E-state index contributed by atoms with van der Waals surface area (Å²) < 4.78 is 6.31. The molecule has 0 aliphatic heterocycles. The molecule has 3 N–H and O–H groups in total. The second kappa shape index (κ2) is 8.71. The Morgan fingerprint density at radius 3 is 2.71 bits per heavy atom. The highest BCUT2D eigenvalue weighted by molar-refractivity contribution is 7.22. The number of hydrogen-bond acceptors (Lipinski definition) is 6. The van der Waals surface area contributed by atoms with E-state index >= 15 is 0 Å². The fourth-order valence-corrected chi connectivity index (χ4v) is 3.64. The number of nitrogens with zero attached hydrogens (tertiary/aromatic N) is 1. The minimum atomic E-state index is -0.561. The van der Waals surface area contributed by atoms with Crippen LogP contribution in [0.5, 0.6) is 5.75 Å². The van der Waals surface area contributed by atoms with Crippen LogP contribution in [-0.4, -0.2) is 29.9 Å². The summed E-state index contributed by atoms with van der Waals surface area (Å²) in [5.41, 5.74) is 7.55. The van der Waals surface area contributed by atoms with Crippen molar-refractivity contribution < 1.29 is 14.3 Å². The van der Waals surface area contributed by atoms with E-state index in [1.54, 1.807) is 14.0 Å². The van der Waals surface area contributed by atoms with Crippen molar-refractivity contribution >= 4 is 38.5 Å². The van der Waals surface area contributed by atoms with Crippen LogP contribution in [-0.2, 0) is 16.0 Å². The number of para-hydroxylation sites is 1. The molecule has 28 heavy (non-hydrogen) atoms. The molecular formula is C20H22N4O3S. The Labute approximate surface area is 167 Å². The highest BCUT2D eigenvalue weighted by atomic mass is 32.1. The van der Waals surface area contributed by atoms with Crippen LogP contribution in [0.3, 0.4) is 0 Å². The van der Waals surface area contributed by atoms with Gasteiger partial charge < -0.3 is 10.1 Å². The number of thiazole rings is 1. The Morgan fingerprint density at radius 1 is 1.18 bits per heavy atom. The summed E-state index contributed by atoms with van der Waals surface area (Å²) in [6.45, 7) is 3.65. The zero-order chi connectivity index (χ0) is 20.1. The number of aryl methyl sites for hydroxylation is 1. The summed E-state index contributed by atoms with van der Waals surface area (Å²) in [6, 6.07) is 12.8. The highest BCUT2D eigenvalue weighted by Crippen LogP contribution is 2.25. The molecule has 2 amide bonds. The van der Waals surface area contributed by atoms with Crippen LogP contribution >= 0.6 is 11.3 Å². The molecule has 0 aliphatic carbocycles. The fourth-order valence-electron chi connectivity index (χ4n) is 2.69. The number of carbonyl (C=O) groups excluding carboxylic acids is 2. The third kappa shape index (κ3) is 4.77. The van der Waals surface area contributed by atoms with Crippen molar-refractivity contribution in [1.29, 1.82) is 0 Å². The number of methoxy groups -OCH3 is 1. The van der Waals surface area contributed by atoms with Gasteiger partial charge in [0.15, 0.2) is 5.13 Å². The van der Waals surface area contributed by atoms with Crippen LogP contribution in [0.2, 0.25) is 0 Å². The molecule has 2 aromatic carbocycles. The van der Waals surface area contributed by atoms with Gasteiger partial charge in [0.05, 0.1) is 23.7 Å². The fraction of sp³-hybridized carbons (Fsp3) is 0.250. The van der Waals surface area contributed by atoms with Crippen LogP contribution in [0.15, 0.2) is 42.5 Å². The zero-order valence-corrected chi connectivity index (χ0v) is 16.7. The van der Waals surface area contributed by atoms with Gasteiger partial charge in [0, 0.05) is 5.56 Å². The van der Waals surface area contributed by atoms with Crippen LogP contribution in [0.4, 0.5) is 5.13 Å². The van der Waals surface area contributed by atoms with Gasteiger partial charge in [0.2, 0.25) is 5.91 Å². The number of rotatable bonds is 6. The number of anilines is 1. The molecule has 0 radical (unpaired) electrons. The average molecular weight is 398 g/mol. The van der Waals surface area contributed by atoms with Gasteiger partial charge in [-0.25, -0.2) is 4.98 Å². The molecule has 0 unspecified atom stereocenters. The van der Waals surface area contributed by atoms with Gasteiger partial charge in [-0.2, -0.15) is 0 Å². The predicted molar refractivity (Wildman–Crippen MR) is 110 cm³/mol. The van der Waals surface area contributed by atoms with E-state index in [4.69, 9.17) is 4.74 Å². The minimum Gasteiger partial charge on any atom is -0.496 e. The van der Waals surface area contributed by atoms with Gasteiger partial charge >= 0.3 is 0 Å². The third-order valence-corrected chi connectivity index (χ3v) is 5.11. The van der Waals surface area contributed by atoms with Crippen molar-refractivity contribution in [2.75, 3.05) is 12.4 Å². The summed E-state index contributed by atoms with van der Waals surface area (Å²) in [4.78, 5) is 28.9.